The van der Waals surface area contributed by atoms with Crippen LogP contribution in [0.5, 0.6) is 5.75 Å². The Morgan fingerprint density at radius 2 is 2.43 bits per heavy atom. The summed E-state index contributed by atoms with van der Waals surface area (Å²) >= 11 is 0. The van der Waals surface area contributed by atoms with E-state index < -0.39 is 13.4 Å². The van der Waals surface area contributed by atoms with Crippen molar-refractivity contribution in [2.75, 3.05) is 5.73 Å². The zero-order chi connectivity index (χ0) is 12.8. The van der Waals surface area contributed by atoms with Gasteiger partial charge in [-0.15, -0.1) is 24.0 Å². The van der Waals surface area contributed by atoms with E-state index in [9.17, 15) is 5.11 Å². The first kappa shape index (κ1) is 6.55. The van der Waals surface area contributed by atoms with Crippen molar-refractivity contribution < 1.29 is 10.6 Å². The topological polar surface area (TPSA) is 51.2 Å². The van der Waals surface area contributed by atoms with Gasteiger partial charge in [-0.3, -0.25) is 0 Å². The number of nitrogens with two attached hydrogens (primary N) is 1. The number of aryl methyl sites for hydroxylation is 1. The number of halogens is 1. The summed E-state index contributed by atoms with van der Waals surface area (Å²) in [6.07, 6.45) is 0. The van der Waals surface area contributed by atoms with Crippen LogP contribution >= 0.6 is 24.0 Å². The fraction of sp³-hybridized carbons (Fsp3) is 0.200. The number of fused-ring (bicyclic) bond motifs is 1. The molecule has 0 bridgehead atoms. The molecule has 0 atom stereocenters. The van der Waals surface area contributed by atoms with Gasteiger partial charge in [0.1, 0.15) is 11.6 Å². The second-order valence-electron chi connectivity index (χ2n) is 2.74. The van der Waals surface area contributed by atoms with Crippen LogP contribution in [0, 0.1) is 0 Å². The van der Waals surface area contributed by atoms with Crippen LogP contribution in [0.15, 0.2) is 24.3 Å². The second kappa shape index (κ2) is 4.08. The minimum absolute atomic E-state index is 0. The number of benzene rings is 1. The van der Waals surface area contributed by atoms with Crippen molar-refractivity contribution in [1.29, 1.82) is 0 Å². The number of anilines is 1. The average Bonchev–Trinajstić information content (AvgIpc) is 2.56. The highest BCUT2D eigenvalue weighted by Crippen LogP contribution is 2.28. The Labute approximate surface area is 105 Å². The number of phenols is 1. The minimum atomic E-state index is -2.25. The quantitative estimate of drug-likeness (QED) is 0.796. The molecule has 2 rings (SSSR count). The Morgan fingerprint density at radius 1 is 1.64 bits per heavy atom. The van der Waals surface area contributed by atoms with Gasteiger partial charge in [-0.1, -0.05) is 6.07 Å². The molecule has 0 amide bonds. The Balaban J connectivity index is 0.00000162. The van der Waals surface area contributed by atoms with Gasteiger partial charge >= 0.3 is 0 Å². The molecule has 76 valence electrons. The molecule has 0 fully saturated rings. The van der Waals surface area contributed by atoms with Crippen molar-refractivity contribution in [3.05, 3.63) is 24.3 Å². The maximum absolute atomic E-state index is 9.63. The maximum Gasteiger partial charge on any atom is 0.125 e. The summed E-state index contributed by atoms with van der Waals surface area (Å²) in [4.78, 5) is 0. The van der Waals surface area contributed by atoms with Crippen LogP contribution < -0.4 is 5.73 Å². The number of hydrogen-bond acceptors (Lipinski definition) is 2. The average molecular weight is 308 g/mol. The summed E-state index contributed by atoms with van der Waals surface area (Å²) in [5.74, 6) is 0.0752. The highest BCUT2D eigenvalue weighted by molar-refractivity contribution is 14.0. The normalized spacial score (nSPS) is 15.5. The van der Waals surface area contributed by atoms with Crippen LogP contribution in [0.25, 0.3) is 10.9 Å². The van der Waals surface area contributed by atoms with E-state index in [2.05, 4.69) is 0 Å². The van der Waals surface area contributed by atoms with Crippen LogP contribution in [0.3, 0.4) is 0 Å². The molecule has 0 aliphatic heterocycles. The lowest BCUT2D eigenvalue weighted by Gasteiger charge is -2.02. The molecular formula is C10H13IN2O. The third kappa shape index (κ3) is 1.54. The number of nitrogens with zero attached hydrogens (tertiary/aromatic N) is 1. The Hall–Kier alpha value is -0.910. The number of phenolic OH excluding ortho intramolecular Hbond substituents is 1. The molecular weight excluding hydrogens is 291 g/mol. The minimum Gasteiger partial charge on any atom is -0.507 e. The van der Waals surface area contributed by atoms with Crippen molar-refractivity contribution in [1.82, 2.24) is 4.57 Å². The predicted molar refractivity (Wildman–Crippen MR) is 69.1 cm³/mol. The van der Waals surface area contributed by atoms with Crippen molar-refractivity contribution in [3.8, 4) is 5.75 Å². The van der Waals surface area contributed by atoms with Crippen LogP contribution in [-0.4, -0.2) is 9.67 Å². The first-order chi connectivity index (χ1) is 7.85. The van der Waals surface area contributed by atoms with E-state index in [1.165, 1.54) is 12.1 Å². The zero-order valence-corrected chi connectivity index (χ0v) is 9.60. The van der Waals surface area contributed by atoms with Gasteiger partial charge in [-0.2, -0.15) is 0 Å². The van der Waals surface area contributed by atoms with E-state index in [-0.39, 0.29) is 35.5 Å². The number of hydrogen-bond donors (Lipinski definition) is 2. The van der Waals surface area contributed by atoms with Crippen LogP contribution in [0.2, 0.25) is 0 Å². The maximum atomic E-state index is 9.63. The monoisotopic (exact) mass is 308 g/mol. The molecule has 0 spiro atoms. The van der Waals surface area contributed by atoms with E-state index in [0.29, 0.717) is 10.9 Å². The lowest BCUT2D eigenvalue weighted by Crippen LogP contribution is -1.98. The van der Waals surface area contributed by atoms with Gasteiger partial charge < -0.3 is 15.4 Å². The van der Waals surface area contributed by atoms with Crippen LogP contribution in [0.4, 0.5) is 5.82 Å². The van der Waals surface area contributed by atoms with E-state index in [4.69, 9.17) is 11.2 Å². The van der Waals surface area contributed by atoms with E-state index in [0.717, 1.165) is 4.57 Å². The Kier molecular flexibility index (Phi) is 1.91. The smallest absolute Gasteiger partial charge is 0.125 e. The summed E-state index contributed by atoms with van der Waals surface area (Å²) in [5.41, 5.74) is 6.06. The van der Waals surface area contributed by atoms with Gasteiger partial charge in [-0.25, -0.2) is 0 Å². The molecule has 1 aromatic carbocycles. The van der Waals surface area contributed by atoms with Gasteiger partial charge in [0.2, 0.25) is 0 Å². The molecule has 3 N–H and O–H groups in total. The Morgan fingerprint density at radius 3 is 3.14 bits per heavy atom. The standard InChI is InChI=1S/C10H12N2O.HI/c1-2-12-8-4-3-5-9(13)7(8)6-10(12)11;/h3-6,13H,2,11H2,1H3;1H/i1D2,2D2;. The molecule has 0 saturated carbocycles. The summed E-state index contributed by atoms with van der Waals surface area (Å²) in [6, 6.07) is 6.06. The van der Waals surface area contributed by atoms with E-state index in [1.807, 2.05) is 0 Å². The van der Waals surface area contributed by atoms with Gasteiger partial charge in [-0.05, 0) is 25.1 Å². The highest BCUT2D eigenvalue weighted by atomic mass is 127. The molecule has 0 aliphatic rings. The van der Waals surface area contributed by atoms with Crippen molar-refractivity contribution in [3.63, 3.8) is 0 Å². The fourth-order valence-electron chi connectivity index (χ4n) is 1.38. The molecule has 0 aliphatic carbocycles. The molecule has 3 nitrogen and oxygen atoms in total. The molecule has 14 heavy (non-hydrogen) atoms. The van der Waals surface area contributed by atoms with Gasteiger partial charge in [0.15, 0.2) is 0 Å². The van der Waals surface area contributed by atoms with Gasteiger partial charge in [0.05, 0.1) is 5.52 Å². The number of rotatable bonds is 1. The van der Waals surface area contributed by atoms with Crippen molar-refractivity contribution >= 4 is 40.7 Å². The summed E-state index contributed by atoms with van der Waals surface area (Å²) in [5, 5.41) is 10.0. The third-order valence-electron chi connectivity index (χ3n) is 1.98. The lowest BCUT2D eigenvalue weighted by molar-refractivity contribution is 0.481. The number of nitrogen functional groups attached to an aromatic ring is 1. The van der Waals surface area contributed by atoms with Crippen molar-refractivity contribution in [2.45, 2.75) is 13.4 Å². The summed E-state index contributed by atoms with van der Waals surface area (Å²) < 4.78 is 31.0. The zero-order valence-electron chi connectivity index (χ0n) is 11.3. The molecule has 0 unspecified atom stereocenters. The van der Waals surface area contributed by atoms with Crippen molar-refractivity contribution in [2.24, 2.45) is 0 Å². The van der Waals surface area contributed by atoms with E-state index >= 15 is 0 Å². The molecule has 0 saturated heterocycles. The molecule has 4 heteroatoms. The summed E-state index contributed by atoms with van der Waals surface area (Å²) in [7, 11) is 0. The summed E-state index contributed by atoms with van der Waals surface area (Å²) in [6.45, 7) is -3.97. The van der Waals surface area contributed by atoms with Gasteiger partial charge in [0.25, 0.3) is 0 Å². The van der Waals surface area contributed by atoms with Gasteiger partial charge in [0, 0.05) is 17.4 Å². The molecule has 0 radical (unpaired) electrons. The van der Waals surface area contributed by atoms with E-state index in [1.54, 1.807) is 12.1 Å². The van der Waals surface area contributed by atoms with Crippen LogP contribution in [-0.2, 0) is 6.50 Å². The fourth-order valence-corrected chi connectivity index (χ4v) is 1.38. The SMILES string of the molecule is I.[2H]C([2H])C([2H])([2H])n1c(N)cc2c(O)cccc21. The first-order valence-electron chi connectivity index (χ1n) is 5.95. The molecule has 1 heterocycles. The lowest BCUT2D eigenvalue weighted by atomic mass is 10.2. The number of aromatic hydroxyl groups is 1. The number of aromatic nitrogens is 1. The first-order valence-corrected chi connectivity index (χ1v) is 3.79. The molecule has 1 aromatic heterocycles. The second-order valence-corrected chi connectivity index (χ2v) is 2.74. The largest absolute Gasteiger partial charge is 0.507 e. The highest BCUT2D eigenvalue weighted by Gasteiger charge is 2.06. The Bertz CT molecular complexity index is 570. The van der Waals surface area contributed by atoms with Crippen LogP contribution in [0.1, 0.15) is 12.4 Å². The predicted octanol–water partition coefficient (Wildman–Crippen LogP) is 2.57. The third-order valence-corrected chi connectivity index (χ3v) is 1.98. The molecule has 2 aromatic rings.